The molecule has 3 aromatic rings. The fourth-order valence-corrected chi connectivity index (χ4v) is 4.08. The molecule has 0 bridgehead atoms. The van der Waals surface area contributed by atoms with Crippen molar-refractivity contribution in [3.63, 3.8) is 0 Å². The average molecular weight is 418 g/mol. The number of allylic oxidation sites excluding steroid dienone is 1. The molecule has 1 unspecified atom stereocenters. The molecule has 1 aromatic carbocycles. The lowest BCUT2D eigenvalue weighted by molar-refractivity contribution is -0.124. The highest BCUT2D eigenvalue weighted by Crippen LogP contribution is 2.37. The molecule has 31 heavy (non-hydrogen) atoms. The minimum Gasteiger partial charge on any atom is -0.465 e. The number of rotatable bonds is 7. The number of hydrogen-bond acceptors (Lipinski definition) is 5. The van der Waals surface area contributed by atoms with Crippen molar-refractivity contribution in [1.82, 2.24) is 10.3 Å². The first-order valence-electron chi connectivity index (χ1n) is 10.7. The van der Waals surface area contributed by atoms with Gasteiger partial charge >= 0.3 is 5.97 Å². The van der Waals surface area contributed by atoms with E-state index in [1.165, 1.54) is 0 Å². The number of para-hydroxylation sites is 1. The number of amides is 1. The second-order valence-corrected chi connectivity index (χ2v) is 7.85. The van der Waals surface area contributed by atoms with Crippen molar-refractivity contribution in [2.45, 2.75) is 45.6 Å². The summed E-state index contributed by atoms with van der Waals surface area (Å²) in [5.74, 6) is -0.0325. The van der Waals surface area contributed by atoms with Gasteiger partial charge in [-0.25, -0.2) is 9.78 Å². The Balaban J connectivity index is 1.63. The van der Waals surface area contributed by atoms with Crippen LogP contribution in [-0.4, -0.2) is 29.5 Å². The molecule has 0 spiro atoms. The van der Waals surface area contributed by atoms with Crippen LogP contribution in [0.15, 0.2) is 47.1 Å². The largest absolute Gasteiger partial charge is 0.465 e. The van der Waals surface area contributed by atoms with E-state index in [2.05, 4.69) is 12.2 Å². The van der Waals surface area contributed by atoms with Crippen LogP contribution in [0.4, 0.5) is 0 Å². The Kier molecular flexibility index (Phi) is 6.16. The van der Waals surface area contributed by atoms with Crippen LogP contribution in [0.25, 0.3) is 22.6 Å². The van der Waals surface area contributed by atoms with Gasteiger partial charge in [0.05, 0.1) is 23.0 Å². The smallest absolute Gasteiger partial charge is 0.339 e. The van der Waals surface area contributed by atoms with E-state index in [-0.39, 0.29) is 18.6 Å². The summed E-state index contributed by atoms with van der Waals surface area (Å²) < 4.78 is 10.9. The van der Waals surface area contributed by atoms with Crippen LogP contribution >= 0.6 is 0 Å². The van der Waals surface area contributed by atoms with Gasteiger partial charge in [-0.05, 0) is 61.6 Å². The molecule has 0 saturated heterocycles. The number of benzene rings is 1. The highest BCUT2D eigenvalue weighted by atomic mass is 16.5. The SMILES string of the molecule is CCCC(C)NC(=O)COC(=O)c1c2c(nc3ccccc13)/C(=C/c1ccco1)CC2. The molecule has 1 atom stereocenters. The van der Waals surface area contributed by atoms with Crippen molar-refractivity contribution in [2.24, 2.45) is 0 Å². The number of aromatic nitrogens is 1. The van der Waals surface area contributed by atoms with E-state index in [1.807, 2.05) is 49.4 Å². The van der Waals surface area contributed by atoms with E-state index in [9.17, 15) is 9.59 Å². The van der Waals surface area contributed by atoms with Gasteiger partial charge in [0.25, 0.3) is 5.91 Å². The van der Waals surface area contributed by atoms with Crippen LogP contribution in [0.2, 0.25) is 0 Å². The normalized spacial score (nSPS) is 15.1. The van der Waals surface area contributed by atoms with Crippen molar-refractivity contribution in [3.05, 3.63) is 65.2 Å². The van der Waals surface area contributed by atoms with E-state index in [4.69, 9.17) is 14.1 Å². The number of pyridine rings is 1. The predicted molar refractivity (Wildman–Crippen MR) is 119 cm³/mol. The third kappa shape index (κ3) is 4.53. The molecule has 160 valence electrons. The summed E-state index contributed by atoms with van der Waals surface area (Å²) in [6.07, 6.45) is 6.90. The molecule has 0 saturated carbocycles. The Morgan fingerprint density at radius 1 is 1.23 bits per heavy atom. The lowest BCUT2D eigenvalue weighted by Crippen LogP contribution is -2.35. The third-order valence-corrected chi connectivity index (χ3v) is 5.47. The van der Waals surface area contributed by atoms with Gasteiger partial charge in [-0.2, -0.15) is 0 Å². The Morgan fingerprint density at radius 3 is 2.84 bits per heavy atom. The minimum atomic E-state index is -0.493. The van der Waals surface area contributed by atoms with Crippen molar-refractivity contribution < 1.29 is 18.7 Å². The van der Waals surface area contributed by atoms with Gasteiger partial charge in [0.2, 0.25) is 0 Å². The number of carbonyl (C=O) groups excluding carboxylic acids is 2. The number of hydrogen-bond donors (Lipinski definition) is 1. The summed E-state index contributed by atoms with van der Waals surface area (Å²) in [6.45, 7) is 3.71. The molecule has 6 heteroatoms. The fraction of sp³-hybridized carbons (Fsp3) is 0.320. The Morgan fingerprint density at radius 2 is 2.06 bits per heavy atom. The zero-order valence-electron chi connectivity index (χ0n) is 17.8. The van der Waals surface area contributed by atoms with Crippen LogP contribution in [0.3, 0.4) is 0 Å². The summed E-state index contributed by atoms with van der Waals surface area (Å²) in [4.78, 5) is 30.1. The van der Waals surface area contributed by atoms with Crippen molar-refractivity contribution in [1.29, 1.82) is 0 Å². The maximum atomic E-state index is 13.1. The maximum Gasteiger partial charge on any atom is 0.339 e. The molecule has 2 aromatic heterocycles. The number of fused-ring (bicyclic) bond motifs is 2. The Hall–Kier alpha value is -3.41. The number of nitrogens with zero attached hydrogens (tertiary/aromatic N) is 1. The zero-order chi connectivity index (χ0) is 21.8. The van der Waals surface area contributed by atoms with Gasteiger partial charge in [0.15, 0.2) is 6.61 Å². The predicted octanol–water partition coefficient (Wildman–Crippen LogP) is 4.78. The standard InChI is InChI=1S/C25H26N2O4/c1-3-7-16(2)26-22(28)15-31-25(29)23-19-9-4-5-10-21(19)27-24-17(11-12-20(23)24)14-18-8-6-13-30-18/h4-6,8-10,13-14,16H,3,7,11-12,15H2,1-2H3,(H,26,28)/b17-14+. The Bertz CT molecular complexity index is 1130. The van der Waals surface area contributed by atoms with E-state index >= 15 is 0 Å². The summed E-state index contributed by atoms with van der Waals surface area (Å²) >= 11 is 0. The van der Waals surface area contributed by atoms with E-state index in [0.717, 1.165) is 52.8 Å². The van der Waals surface area contributed by atoms with Crippen LogP contribution in [-0.2, 0) is 16.0 Å². The molecule has 4 rings (SSSR count). The molecule has 1 aliphatic rings. The molecule has 6 nitrogen and oxygen atoms in total. The highest BCUT2D eigenvalue weighted by molar-refractivity contribution is 6.07. The summed E-state index contributed by atoms with van der Waals surface area (Å²) in [5, 5.41) is 3.60. The topological polar surface area (TPSA) is 81.4 Å². The first kappa shape index (κ1) is 20.8. The second kappa shape index (κ2) is 9.16. The monoisotopic (exact) mass is 418 g/mol. The van der Waals surface area contributed by atoms with Crippen LogP contribution in [0.1, 0.15) is 60.5 Å². The molecular weight excluding hydrogens is 392 g/mol. The Labute approximate surface area is 181 Å². The van der Waals surface area contributed by atoms with Crippen molar-refractivity contribution >= 4 is 34.4 Å². The number of nitrogens with one attached hydrogen (secondary N) is 1. The van der Waals surface area contributed by atoms with Gasteiger partial charge in [0.1, 0.15) is 5.76 Å². The van der Waals surface area contributed by atoms with E-state index in [1.54, 1.807) is 6.26 Å². The summed E-state index contributed by atoms with van der Waals surface area (Å²) in [5.41, 5.74) is 3.90. The first-order chi connectivity index (χ1) is 15.1. The lowest BCUT2D eigenvalue weighted by atomic mass is 10.0. The number of furan rings is 1. The molecule has 1 amide bonds. The van der Waals surface area contributed by atoms with Gasteiger partial charge in [-0.3, -0.25) is 4.79 Å². The zero-order valence-corrected chi connectivity index (χ0v) is 17.8. The van der Waals surface area contributed by atoms with E-state index < -0.39 is 5.97 Å². The highest BCUT2D eigenvalue weighted by Gasteiger charge is 2.28. The molecular formula is C25H26N2O4. The summed E-state index contributed by atoms with van der Waals surface area (Å²) in [7, 11) is 0. The quantitative estimate of drug-likeness (QED) is 0.559. The third-order valence-electron chi connectivity index (χ3n) is 5.47. The average Bonchev–Trinajstić information content (AvgIpc) is 3.41. The second-order valence-electron chi connectivity index (χ2n) is 7.85. The maximum absolute atomic E-state index is 13.1. The van der Waals surface area contributed by atoms with E-state index in [0.29, 0.717) is 12.0 Å². The van der Waals surface area contributed by atoms with Crippen molar-refractivity contribution in [3.8, 4) is 0 Å². The van der Waals surface area contributed by atoms with Crippen LogP contribution < -0.4 is 5.32 Å². The number of ether oxygens (including phenoxy) is 1. The van der Waals surface area contributed by atoms with Gasteiger partial charge in [-0.15, -0.1) is 0 Å². The molecule has 0 radical (unpaired) electrons. The summed E-state index contributed by atoms with van der Waals surface area (Å²) in [6, 6.07) is 11.3. The molecule has 1 aliphatic carbocycles. The van der Waals surface area contributed by atoms with Gasteiger partial charge in [0, 0.05) is 11.4 Å². The molecule has 1 N–H and O–H groups in total. The number of carbonyl (C=O) groups is 2. The van der Waals surface area contributed by atoms with Gasteiger partial charge < -0.3 is 14.5 Å². The van der Waals surface area contributed by atoms with Crippen molar-refractivity contribution in [2.75, 3.05) is 6.61 Å². The lowest BCUT2D eigenvalue weighted by Gasteiger charge is -2.14. The van der Waals surface area contributed by atoms with Gasteiger partial charge in [-0.1, -0.05) is 31.5 Å². The van der Waals surface area contributed by atoms with Crippen LogP contribution in [0, 0.1) is 0 Å². The van der Waals surface area contributed by atoms with Crippen LogP contribution in [0.5, 0.6) is 0 Å². The molecule has 0 fully saturated rings. The molecule has 0 aliphatic heterocycles. The first-order valence-corrected chi connectivity index (χ1v) is 10.7. The molecule has 2 heterocycles. The fourth-order valence-electron chi connectivity index (χ4n) is 4.08. The minimum absolute atomic E-state index is 0.0523. The number of esters is 1.